The molecule has 0 saturated carbocycles. The summed E-state index contributed by atoms with van der Waals surface area (Å²) in [6.07, 6.45) is 2.33. The fraction of sp³-hybridized carbons (Fsp3) is 0.0769. The van der Waals surface area contributed by atoms with E-state index in [0.29, 0.717) is 6.42 Å². The highest BCUT2D eigenvalue weighted by Gasteiger charge is 1.89. The largest absolute Gasteiger partial charge is 0.468 e. The van der Waals surface area contributed by atoms with Gasteiger partial charge in [0.25, 0.3) is 0 Å². The van der Waals surface area contributed by atoms with E-state index >= 15 is 0 Å². The van der Waals surface area contributed by atoms with Gasteiger partial charge in [-0.05, 0) is 24.3 Å². The van der Waals surface area contributed by atoms with Crippen molar-refractivity contribution in [1.29, 1.82) is 0 Å². The number of hydrogen-bond donors (Lipinski definition) is 0. The van der Waals surface area contributed by atoms with Crippen LogP contribution in [0.4, 0.5) is 0 Å². The van der Waals surface area contributed by atoms with Crippen LogP contribution in [0.1, 0.15) is 11.3 Å². The monoisotopic (exact) mass is 182 g/mol. The quantitative estimate of drug-likeness (QED) is 0.618. The van der Waals surface area contributed by atoms with Gasteiger partial charge in [-0.3, -0.25) is 0 Å². The molecule has 1 aromatic heterocycles. The van der Waals surface area contributed by atoms with Crippen LogP contribution in [0.3, 0.4) is 0 Å². The van der Waals surface area contributed by atoms with E-state index in [1.54, 1.807) is 6.26 Å². The van der Waals surface area contributed by atoms with Crippen LogP contribution in [0.25, 0.3) is 0 Å². The van der Waals surface area contributed by atoms with E-state index in [1.165, 1.54) is 0 Å². The van der Waals surface area contributed by atoms with Crippen molar-refractivity contribution < 1.29 is 4.42 Å². The van der Waals surface area contributed by atoms with Crippen LogP contribution in [-0.4, -0.2) is 0 Å². The van der Waals surface area contributed by atoms with Crippen molar-refractivity contribution >= 4 is 0 Å². The molecule has 0 fully saturated rings. The maximum absolute atomic E-state index is 5.17. The molecule has 1 heterocycles. The lowest BCUT2D eigenvalue weighted by Crippen LogP contribution is -1.76. The first-order chi connectivity index (χ1) is 6.95. The predicted molar refractivity (Wildman–Crippen MR) is 55.7 cm³/mol. The minimum atomic E-state index is 0.669. The smallest absolute Gasteiger partial charge is 0.115 e. The van der Waals surface area contributed by atoms with E-state index in [1.807, 2.05) is 42.5 Å². The van der Waals surface area contributed by atoms with Gasteiger partial charge in [0.05, 0.1) is 12.7 Å². The van der Waals surface area contributed by atoms with Crippen LogP contribution in [-0.2, 0) is 6.42 Å². The van der Waals surface area contributed by atoms with Crippen molar-refractivity contribution in [1.82, 2.24) is 0 Å². The van der Waals surface area contributed by atoms with Crippen molar-refractivity contribution in [3.05, 3.63) is 60.1 Å². The molecule has 68 valence electrons. The van der Waals surface area contributed by atoms with E-state index < -0.39 is 0 Å². The minimum Gasteiger partial charge on any atom is -0.468 e. The molecule has 1 nitrogen and oxygen atoms in total. The fourth-order valence-electron chi connectivity index (χ4n) is 1.17. The molecule has 0 aliphatic carbocycles. The third-order valence-electron chi connectivity index (χ3n) is 1.85. The highest BCUT2D eigenvalue weighted by Crippen LogP contribution is 2.00. The van der Waals surface area contributed by atoms with Gasteiger partial charge in [0.2, 0.25) is 0 Å². The number of benzene rings is 1. The lowest BCUT2D eigenvalue weighted by atomic mass is 10.2. The molecule has 0 N–H and O–H groups in total. The lowest BCUT2D eigenvalue weighted by molar-refractivity contribution is 0.525. The van der Waals surface area contributed by atoms with Gasteiger partial charge < -0.3 is 4.42 Å². The Kier molecular flexibility index (Phi) is 2.68. The van der Waals surface area contributed by atoms with Gasteiger partial charge in [-0.15, -0.1) is 0 Å². The van der Waals surface area contributed by atoms with E-state index in [9.17, 15) is 0 Å². The molecule has 0 spiro atoms. The molecule has 0 saturated heterocycles. The van der Waals surface area contributed by atoms with Gasteiger partial charge in [0.1, 0.15) is 5.76 Å². The van der Waals surface area contributed by atoms with E-state index in [2.05, 4.69) is 11.8 Å². The SMILES string of the molecule is C(#Cc1ccccc1)Cc1ccco1. The molecule has 2 aromatic rings. The van der Waals surface area contributed by atoms with Crippen LogP contribution in [0.2, 0.25) is 0 Å². The van der Waals surface area contributed by atoms with Gasteiger partial charge in [-0.25, -0.2) is 0 Å². The third kappa shape index (κ3) is 2.27. The number of furan rings is 1. The molecule has 0 radical (unpaired) electrons. The number of rotatable bonds is 1. The third-order valence-corrected chi connectivity index (χ3v) is 1.85. The van der Waals surface area contributed by atoms with Crippen molar-refractivity contribution in [3.8, 4) is 11.8 Å². The first-order valence-corrected chi connectivity index (χ1v) is 4.51. The fourth-order valence-corrected chi connectivity index (χ4v) is 1.17. The molecule has 1 aromatic carbocycles. The zero-order valence-electron chi connectivity index (χ0n) is 7.73. The molecule has 14 heavy (non-hydrogen) atoms. The Morgan fingerprint density at radius 2 is 1.86 bits per heavy atom. The molecule has 0 aliphatic heterocycles. The van der Waals surface area contributed by atoms with Crippen LogP contribution in [0, 0.1) is 11.8 Å². The molecule has 1 heteroatoms. The summed E-state index contributed by atoms with van der Waals surface area (Å²) < 4.78 is 5.17. The first kappa shape index (κ1) is 8.65. The standard InChI is InChI=1S/C13H10O/c1-2-6-12(7-3-1)8-4-9-13-10-5-11-14-13/h1-3,5-7,10-11H,9H2. The van der Waals surface area contributed by atoms with E-state index in [4.69, 9.17) is 4.42 Å². The summed E-state index contributed by atoms with van der Waals surface area (Å²) >= 11 is 0. The average molecular weight is 182 g/mol. The maximum atomic E-state index is 5.17. The highest BCUT2D eigenvalue weighted by atomic mass is 16.3. The first-order valence-electron chi connectivity index (χ1n) is 4.51. The minimum absolute atomic E-state index is 0.669. The maximum Gasteiger partial charge on any atom is 0.115 e. The summed E-state index contributed by atoms with van der Waals surface area (Å²) in [6.45, 7) is 0. The summed E-state index contributed by atoms with van der Waals surface area (Å²) in [4.78, 5) is 0. The summed E-state index contributed by atoms with van der Waals surface area (Å²) in [5, 5.41) is 0. The summed E-state index contributed by atoms with van der Waals surface area (Å²) in [7, 11) is 0. The molecular formula is C13H10O. The normalized spacial score (nSPS) is 9.14. The van der Waals surface area contributed by atoms with Gasteiger partial charge in [-0.2, -0.15) is 0 Å². The van der Waals surface area contributed by atoms with E-state index in [0.717, 1.165) is 11.3 Å². The van der Waals surface area contributed by atoms with Crippen molar-refractivity contribution in [2.75, 3.05) is 0 Å². The molecular weight excluding hydrogens is 172 g/mol. The topological polar surface area (TPSA) is 13.1 Å². The van der Waals surface area contributed by atoms with Crippen molar-refractivity contribution in [2.45, 2.75) is 6.42 Å². The molecule has 0 amide bonds. The second-order valence-corrected chi connectivity index (χ2v) is 2.92. The van der Waals surface area contributed by atoms with Crippen molar-refractivity contribution in [3.63, 3.8) is 0 Å². The Labute approximate surface area is 83.4 Å². The van der Waals surface area contributed by atoms with Gasteiger partial charge >= 0.3 is 0 Å². The number of hydrogen-bond acceptors (Lipinski definition) is 1. The second kappa shape index (κ2) is 4.34. The van der Waals surface area contributed by atoms with Crippen LogP contribution in [0.5, 0.6) is 0 Å². The Bertz CT molecular complexity index is 429. The van der Waals surface area contributed by atoms with Gasteiger partial charge in [-0.1, -0.05) is 30.0 Å². The Morgan fingerprint density at radius 3 is 2.57 bits per heavy atom. The molecule has 0 aliphatic rings. The molecule has 0 bridgehead atoms. The van der Waals surface area contributed by atoms with Crippen LogP contribution >= 0.6 is 0 Å². The van der Waals surface area contributed by atoms with Crippen LogP contribution < -0.4 is 0 Å². The van der Waals surface area contributed by atoms with Gasteiger partial charge in [0.15, 0.2) is 0 Å². The Morgan fingerprint density at radius 1 is 1.00 bits per heavy atom. The zero-order valence-corrected chi connectivity index (χ0v) is 7.73. The Hall–Kier alpha value is -1.94. The summed E-state index contributed by atoms with van der Waals surface area (Å²) in [6, 6.07) is 13.7. The summed E-state index contributed by atoms with van der Waals surface area (Å²) in [5.74, 6) is 7.04. The average Bonchev–Trinajstić information content (AvgIpc) is 2.72. The van der Waals surface area contributed by atoms with E-state index in [-0.39, 0.29) is 0 Å². The Balaban J connectivity index is 2.02. The summed E-state index contributed by atoms with van der Waals surface area (Å²) in [5.41, 5.74) is 1.04. The molecule has 2 rings (SSSR count). The van der Waals surface area contributed by atoms with Crippen molar-refractivity contribution in [2.24, 2.45) is 0 Å². The second-order valence-electron chi connectivity index (χ2n) is 2.92. The predicted octanol–water partition coefficient (Wildman–Crippen LogP) is 2.87. The zero-order chi connectivity index (χ0) is 9.64. The van der Waals surface area contributed by atoms with Gasteiger partial charge in [0, 0.05) is 5.56 Å². The lowest BCUT2D eigenvalue weighted by Gasteiger charge is -1.86. The molecule has 0 unspecified atom stereocenters. The molecule has 0 atom stereocenters. The highest BCUT2D eigenvalue weighted by molar-refractivity contribution is 5.34. The van der Waals surface area contributed by atoms with Crippen LogP contribution in [0.15, 0.2) is 53.1 Å².